The lowest BCUT2D eigenvalue weighted by Gasteiger charge is -2.10. The van der Waals surface area contributed by atoms with Crippen molar-refractivity contribution in [3.63, 3.8) is 0 Å². The number of halogens is 1. The van der Waals surface area contributed by atoms with Gasteiger partial charge in [0.05, 0.1) is 11.7 Å². The predicted molar refractivity (Wildman–Crippen MR) is 87.2 cm³/mol. The second-order valence-electron chi connectivity index (χ2n) is 4.82. The number of amides is 1. The molecule has 21 heavy (non-hydrogen) atoms. The molecule has 106 valence electrons. The Morgan fingerprint density at radius 2 is 2.05 bits per heavy atom. The Morgan fingerprint density at radius 3 is 2.90 bits per heavy atom. The highest BCUT2D eigenvalue weighted by molar-refractivity contribution is 9.10. The largest absolute Gasteiger partial charge is 0.324 e. The zero-order chi connectivity index (χ0) is 14.8. The lowest BCUT2D eigenvalue weighted by Crippen LogP contribution is -2.19. The molecule has 0 aliphatic heterocycles. The zero-order valence-corrected chi connectivity index (χ0v) is 13.1. The summed E-state index contributed by atoms with van der Waals surface area (Å²) in [4.78, 5) is 12.2. The van der Waals surface area contributed by atoms with Crippen LogP contribution in [-0.4, -0.2) is 15.7 Å². The highest BCUT2D eigenvalue weighted by Gasteiger charge is 2.09. The van der Waals surface area contributed by atoms with Crippen molar-refractivity contribution in [2.45, 2.75) is 13.5 Å². The fourth-order valence-corrected chi connectivity index (χ4v) is 2.59. The van der Waals surface area contributed by atoms with E-state index in [1.165, 1.54) is 0 Å². The van der Waals surface area contributed by atoms with Crippen molar-refractivity contribution in [1.29, 1.82) is 0 Å². The maximum atomic E-state index is 12.2. The first kappa shape index (κ1) is 13.8. The Labute approximate surface area is 130 Å². The van der Waals surface area contributed by atoms with Crippen LogP contribution in [0.15, 0.2) is 53.1 Å². The van der Waals surface area contributed by atoms with Gasteiger partial charge in [-0.05, 0) is 30.7 Å². The van der Waals surface area contributed by atoms with Crippen LogP contribution in [0.1, 0.15) is 5.56 Å². The van der Waals surface area contributed by atoms with Crippen molar-refractivity contribution in [1.82, 2.24) is 9.78 Å². The molecule has 4 nitrogen and oxygen atoms in total. The first-order valence-electron chi connectivity index (χ1n) is 6.60. The highest BCUT2D eigenvalue weighted by Crippen LogP contribution is 2.23. The van der Waals surface area contributed by atoms with Crippen LogP contribution >= 0.6 is 15.9 Å². The summed E-state index contributed by atoms with van der Waals surface area (Å²) in [5.41, 5.74) is 2.78. The summed E-state index contributed by atoms with van der Waals surface area (Å²) >= 11 is 3.46. The Hall–Kier alpha value is -2.14. The van der Waals surface area contributed by atoms with Crippen molar-refractivity contribution in [2.75, 3.05) is 5.32 Å². The fourth-order valence-electron chi connectivity index (χ4n) is 2.22. The zero-order valence-electron chi connectivity index (χ0n) is 11.5. The van der Waals surface area contributed by atoms with E-state index in [0.29, 0.717) is 0 Å². The summed E-state index contributed by atoms with van der Waals surface area (Å²) in [5.74, 6) is -0.0925. The summed E-state index contributed by atoms with van der Waals surface area (Å²) in [7, 11) is 0. The molecule has 0 saturated heterocycles. The number of anilines is 1. The van der Waals surface area contributed by atoms with Gasteiger partial charge in [0.2, 0.25) is 5.91 Å². The Morgan fingerprint density at radius 1 is 1.24 bits per heavy atom. The van der Waals surface area contributed by atoms with Gasteiger partial charge >= 0.3 is 0 Å². The molecule has 0 atom stereocenters. The number of aromatic nitrogens is 2. The minimum absolute atomic E-state index is 0.0925. The summed E-state index contributed by atoms with van der Waals surface area (Å²) in [5, 5.41) is 8.22. The number of benzene rings is 2. The van der Waals surface area contributed by atoms with Crippen LogP contribution < -0.4 is 5.32 Å². The van der Waals surface area contributed by atoms with Gasteiger partial charge in [-0.1, -0.05) is 40.2 Å². The molecule has 5 heteroatoms. The van der Waals surface area contributed by atoms with E-state index in [0.717, 1.165) is 26.6 Å². The summed E-state index contributed by atoms with van der Waals surface area (Å²) in [6, 6.07) is 13.6. The van der Waals surface area contributed by atoms with Crippen molar-refractivity contribution >= 4 is 38.4 Å². The van der Waals surface area contributed by atoms with Crippen LogP contribution in [0.2, 0.25) is 0 Å². The van der Waals surface area contributed by atoms with Crippen molar-refractivity contribution in [3.05, 3.63) is 58.7 Å². The van der Waals surface area contributed by atoms with E-state index in [9.17, 15) is 4.79 Å². The molecule has 0 radical (unpaired) electrons. The van der Waals surface area contributed by atoms with Crippen LogP contribution in [0.5, 0.6) is 0 Å². The van der Waals surface area contributed by atoms with Gasteiger partial charge in [0, 0.05) is 15.5 Å². The van der Waals surface area contributed by atoms with Crippen LogP contribution in [0.3, 0.4) is 0 Å². The number of fused-ring (bicyclic) bond motifs is 1. The van der Waals surface area contributed by atoms with Crippen molar-refractivity contribution in [3.8, 4) is 0 Å². The quantitative estimate of drug-likeness (QED) is 0.787. The fraction of sp³-hybridized carbons (Fsp3) is 0.125. The van der Waals surface area contributed by atoms with E-state index < -0.39 is 0 Å². The van der Waals surface area contributed by atoms with E-state index in [4.69, 9.17) is 0 Å². The smallest absolute Gasteiger partial charge is 0.246 e. The monoisotopic (exact) mass is 343 g/mol. The Balaban J connectivity index is 1.79. The van der Waals surface area contributed by atoms with Crippen LogP contribution in [0.25, 0.3) is 10.9 Å². The average molecular weight is 344 g/mol. The van der Waals surface area contributed by atoms with Crippen LogP contribution in [0, 0.1) is 6.92 Å². The molecule has 1 N–H and O–H groups in total. The molecule has 0 aliphatic rings. The Kier molecular flexibility index (Phi) is 3.75. The van der Waals surface area contributed by atoms with Crippen LogP contribution in [-0.2, 0) is 11.3 Å². The van der Waals surface area contributed by atoms with Crippen molar-refractivity contribution in [2.24, 2.45) is 0 Å². The lowest BCUT2D eigenvalue weighted by molar-refractivity contribution is -0.116. The molecular formula is C16H14BrN3O. The number of para-hydroxylation sites is 1. The minimum Gasteiger partial charge on any atom is -0.324 e. The number of hydrogen-bond donors (Lipinski definition) is 1. The summed E-state index contributed by atoms with van der Waals surface area (Å²) < 4.78 is 2.68. The molecule has 0 fully saturated rings. The third kappa shape index (κ3) is 2.83. The highest BCUT2D eigenvalue weighted by atomic mass is 79.9. The van der Waals surface area contributed by atoms with Gasteiger partial charge in [-0.25, -0.2) is 0 Å². The number of nitrogens with one attached hydrogen (secondary N) is 1. The maximum Gasteiger partial charge on any atom is 0.246 e. The van der Waals surface area contributed by atoms with Gasteiger partial charge in [0.25, 0.3) is 0 Å². The Bertz CT molecular complexity index is 810. The average Bonchev–Trinajstić information content (AvgIpc) is 2.87. The van der Waals surface area contributed by atoms with Gasteiger partial charge in [-0.15, -0.1) is 0 Å². The molecule has 0 saturated carbocycles. The van der Waals surface area contributed by atoms with Crippen molar-refractivity contribution < 1.29 is 4.79 Å². The first-order chi connectivity index (χ1) is 10.1. The topological polar surface area (TPSA) is 46.9 Å². The van der Waals surface area contributed by atoms with Crippen LogP contribution in [0.4, 0.5) is 5.69 Å². The number of hydrogen-bond acceptors (Lipinski definition) is 2. The van der Waals surface area contributed by atoms with Gasteiger partial charge in [-0.2, -0.15) is 5.10 Å². The summed E-state index contributed by atoms with van der Waals surface area (Å²) in [6.07, 6.45) is 1.77. The van der Waals surface area contributed by atoms with E-state index in [1.54, 1.807) is 10.9 Å². The minimum atomic E-state index is -0.0925. The number of carbonyl (C=O) groups is 1. The van der Waals surface area contributed by atoms with E-state index >= 15 is 0 Å². The predicted octanol–water partition coefficient (Wildman–Crippen LogP) is 3.75. The molecule has 1 amide bonds. The second kappa shape index (κ2) is 5.69. The van der Waals surface area contributed by atoms with Gasteiger partial charge in [0.1, 0.15) is 6.54 Å². The number of carbonyl (C=O) groups excluding carboxylic acids is 1. The molecule has 0 spiro atoms. The molecule has 1 heterocycles. The molecule has 3 aromatic rings. The van der Waals surface area contributed by atoms with Gasteiger partial charge in [-0.3, -0.25) is 9.48 Å². The number of nitrogens with zero attached hydrogens (tertiary/aromatic N) is 2. The number of rotatable bonds is 3. The first-order valence-corrected chi connectivity index (χ1v) is 7.40. The molecule has 3 rings (SSSR count). The lowest BCUT2D eigenvalue weighted by atomic mass is 10.2. The SMILES string of the molecule is Cc1c(Br)cccc1NC(=O)Cn1ncc2ccccc21. The van der Waals surface area contributed by atoms with Gasteiger partial charge < -0.3 is 5.32 Å². The molecule has 0 aliphatic carbocycles. The third-order valence-corrected chi connectivity index (χ3v) is 4.25. The normalized spacial score (nSPS) is 10.8. The van der Waals surface area contributed by atoms with Gasteiger partial charge in [0.15, 0.2) is 0 Å². The standard InChI is InChI=1S/C16H14BrN3O/c1-11-13(17)6-4-7-14(11)19-16(21)10-20-15-8-3-2-5-12(15)9-18-20/h2-9H,10H2,1H3,(H,19,21). The summed E-state index contributed by atoms with van der Waals surface area (Å²) in [6.45, 7) is 2.16. The maximum absolute atomic E-state index is 12.2. The van der Waals surface area contributed by atoms with E-state index in [2.05, 4.69) is 26.3 Å². The third-order valence-electron chi connectivity index (χ3n) is 3.39. The molecule has 1 aromatic heterocycles. The molecule has 2 aromatic carbocycles. The van der Waals surface area contributed by atoms with E-state index in [-0.39, 0.29) is 12.5 Å². The molecule has 0 unspecified atom stereocenters. The molecule has 0 bridgehead atoms. The second-order valence-corrected chi connectivity index (χ2v) is 5.68. The molecular weight excluding hydrogens is 330 g/mol. The van der Waals surface area contributed by atoms with E-state index in [1.807, 2.05) is 49.4 Å².